The normalized spacial score (nSPS) is 16.3. The molecule has 0 spiro atoms. The van der Waals surface area contributed by atoms with Gasteiger partial charge >= 0.3 is 0 Å². The number of hydrogen-bond acceptors (Lipinski definition) is 2. The van der Waals surface area contributed by atoms with Crippen LogP contribution in [0.1, 0.15) is 16.7 Å². The standard InChI is InChI=1S/C24H18FN3O2/c25-19-10-4-1-8-17(19)23-18-9-3-6-12-21(18)27-24(29)22(28(23)30)13-15-14-26-20-11-5-2-7-16(15)20/h1-12,14,22,26H,13H2,(H,27,29)/t22-/m1/s1. The fraction of sp³-hybridized carbons (Fsp3) is 0.0833. The largest absolute Gasteiger partial charge is 0.623 e. The van der Waals surface area contributed by atoms with Gasteiger partial charge in [-0.3, -0.25) is 4.79 Å². The summed E-state index contributed by atoms with van der Waals surface area (Å²) in [6, 6.07) is 19.8. The molecule has 0 fully saturated rings. The SMILES string of the molecule is O=C1Nc2ccccc2C(c2ccccc2F)=[N+]([O-])[C@@H]1Cc1c[nH]c2ccccc12. The zero-order valence-electron chi connectivity index (χ0n) is 15.9. The lowest BCUT2D eigenvalue weighted by Crippen LogP contribution is -2.38. The Morgan fingerprint density at radius 1 is 0.933 bits per heavy atom. The molecular formula is C24H18FN3O2. The van der Waals surface area contributed by atoms with Gasteiger partial charge in [-0.1, -0.05) is 42.5 Å². The van der Waals surface area contributed by atoms with Crippen LogP contribution >= 0.6 is 0 Å². The first-order valence-electron chi connectivity index (χ1n) is 9.67. The molecule has 0 bridgehead atoms. The molecule has 5 nitrogen and oxygen atoms in total. The van der Waals surface area contributed by atoms with Gasteiger partial charge < -0.3 is 15.5 Å². The minimum atomic E-state index is -1.05. The minimum Gasteiger partial charge on any atom is -0.623 e. The number of benzodiazepines with no additional fused rings is 1. The molecular weight excluding hydrogens is 381 g/mol. The number of amides is 1. The quantitative estimate of drug-likeness (QED) is 0.400. The summed E-state index contributed by atoms with van der Waals surface area (Å²) < 4.78 is 15.3. The Hall–Kier alpha value is -3.93. The van der Waals surface area contributed by atoms with Gasteiger partial charge in [0.2, 0.25) is 11.8 Å². The van der Waals surface area contributed by atoms with E-state index in [9.17, 15) is 14.4 Å². The first kappa shape index (κ1) is 18.1. The number of nitrogens with zero attached hydrogens (tertiary/aromatic N) is 1. The second-order valence-electron chi connectivity index (χ2n) is 7.27. The number of aromatic amines is 1. The van der Waals surface area contributed by atoms with Gasteiger partial charge in [0.05, 0.1) is 16.8 Å². The van der Waals surface area contributed by atoms with Gasteiger partial charge in [0, 0.05) is 23.5 Å². The Morgan fingerprint density at radius 3 is 2.47 bits per heavy atom. The molecule has 4 aromatic rings. The van der Waals surface area contributed by atoms with E-state index in [1.54, 1.807) is 42.5 Å². The molecule has 0 radical (unpaired) electrons. The number of anilines is 1. The van der Waals surface area contributed by atoms with E-state index in [4.69, 9.17) is 0 Å². The third-order valence-electron chi connectivity index (χ3n) is 5.46. The molecule has 2 N–H and O–H groups in total. The third-order valence-corrected chi connectivity index (χ3v) is 5.46. The Morgan fingerprint density at radius 2 is 1.63 bits per heavy atom. The fourth-order valence-corrected chi connectivity index (χ4v) is 4.00. The van der Waals surface area contributed by atoms with Crippen LogP contribution in [-0.2, 0) is 11.2 Å². The monoisotopic (exact) mass is 399 g/mol. The number of fused-ring (bicyclic) bond motifs is 2. The Bertz CT molecular complexity index is 1310. The molecule has 0 saturated heterocycles. The van der Waals surface area contributed by atoms with E-state index in [1.807, 2.05) is 30.5 Å². The number of carbonyl (C=O) groups excluding carboxylic acids is 1. The van der Waals surface area contributed by atoms with Crippen LogP contribution in [0.25, 0.3) is 10.9 Å². The molecule has 6 heteroatoms. The smallest absolute Gasteiger partial charge is 0.294 e. The number of halogens is 1. The molecule has 0 aliphatic carbocycles. The first-order chi connectivity index (χ1) is 14.6. The van der Waals surface area contributed by atoms with Gasteiger partial charge in [0.15, 0.2) is 0 Å². The van der Waals surface area contributed by atoms with Crippen molar-refractivity contribution in [3.05, 3.63) is 107 Å². The summed E-state index contributed by atoms with van der Waals surface area (Å²) in [6.07, 6.45) is 2.00. The summed E-state index contributed by atoms with van der Waals surface area (Å²) in [6.45, 7) is 0. The molecule has 3 aromatic carbocycles. The number of benzene rings is 3. The molecule has 2 heterocycles. The van der Waals surface area contributed by atoms with E-state index < -0.39 is 17.8 Å². The number of hydrogen-bond donors (Lipinski definition) is 2. The van der Waals surface area contributed by atoms with Gasteiger partial charge in [0.1, 0.15) is 5.82 Å². The predicted molar refractivity (Wildman–Crippen MR) is 114 cm³/mol. The fourth-order valence-electron chi connectivity index (χ4n) is 4.00. The second-order valence-corrected chi connectivity index (χ2v) is 7.27. The van der Waals surface area contributed by atoms with E-state index in [0.29, 0.717) is 16.0 Å². The van der Waals surface area contributed by atoms with Crippen LogP contribution in [0.4, 0.5) is 10.1 Å². The zero-order chi connectivity index (χ0) is 20.7. The predicted octanol–water partition coefficient (Wildman–Crippen LogP) is 4.22. The number of H-pyrrole nitrogens is 1. The topological polar surface area (TPSA) is 71.0 Å². The van der Waals surface area contributed by atoms with E-state index >= 15 is 0 Å². The van der Waals surface area contributed by atoms with Crippen LogP contribution in [0.5, 0.6) is 0 Å². The van der Waals surface area contributed by atoms with Crippen molar-refractivity contribution >= 4 is 28.2 Å². The van der Waals surface area contributed by atoms with Crippen molar-refractivity contribution in [1.82, 2.24) is 4.98 Å². The Balaban J connectivity index is 1.69. The van der Waals surface area contributed by atoms with Crippen molar-refractivity contribution in [2.24, 2.45) is 0 Å². The van der Waals surface area contributed by atoms with E-state index in [-0.39, 0.29) is 17.7 Å². The van der Waals surface area contributed by atoms with Crippen molar-refractivity contribution in [1.29, 1.82) is 0 Å². The van der Waals surface area contributed by atoms with Crippen LogP contribution in [0.2, 0.25) is 0 Å². The van der Waals surface area contributed by atoms with E-state index in [0.717, 1.165) is 16.5 Å². The molecule has 1 aliphatic rings. The molecule has 148 valence electrons. The van der Waals surface area contributed by atoms with E-state index in [1.165, 1.54) is 6.07 Å². The highest BCUT2D eigenvalue weighted by atomic mass is 19.1. The number of carbonyl (C=O) groups is 1. The lowest BCUT2D eigenvalue weighted by Gasteiger charge is -2.17. The summed E-state index contributed by atoms with van der Waals surface area (Å²) in [5.41, 5.74) is 3.08. The molecule has 1 amide bonds. The molecule has 5 rings (SSSR count). The second kappa shape index (κ2) is 7.15. The Kier molecular flexibility index (Phi) is 4.32. The summed E-state index contributed by atoms with van der Waals surface area (Å²) in [4.78, 5) is 16.2. The van der Waals surface area contributed by atoms with Gasteiger partial charge in [-0.25, -0.2) is 4.39 Å². The molecule has 0 unspecified atom stereocenters. The maximum Gasteiger partial charge on any atom is 0.294 e. The summed E-state index contributed by atoms with van der Waals surface area (Å²) >= 11 is 0. The van der Waals surface area contributed by atoms with Crippen molar-refractivity contribution in [3.63, 3.8) is 0 Å². The van der Waals surface area contributed by atoms with Crippen molar-refractivity contribution in [2.45, 2.75) is 12.5 Å². The molecule has 30 heavy (non-hydrogen) atoms. The summed E-state index contributed by atoms with van der Waals surface area (Å²) in [5.74, 6) is -0.933. The van der Waals surface area contributed by atoms with Crippen LogP contribution in [0, 0.1) is 11.0 Å². The van der Waals surface area contributed by atoms with Gasteiger partial charge in [-0.2, -0.15) is 4.74 Å². The first-order valence-corrected chi connectivity index (χ1v) is 9.67. The zero-order valence-corrected chi connectivity index (χ0v) is 15.9. The van der Waals surface area contributed by atoms with Crippen LogP contribution in [0.3, 0.4) is 0 Å². The maximum absolute atomic E-state index is 14.7. The molecule has 1 aromatic heterocycles. The Labute approximate surface area is 172 Å². The van der Waals surface area contributed by atoms with Crippen molar-refractivity contribution in [2.75, 3.05) is 5.32 Å². The van der Waals surface area contributed by atoms with Crippen molar-refractivity contribution in [3.8, 4) is 0 Å². The highest BCUT2D eigenvalue weighted by Crippen LogP contribution is 2.27. The number of aromatic nitrogens is 1. The third kappa shape index (κ3) is 2.93. The number of para-hydroxylation sites is 2. The van der Waals surface area contributed by atoms with Crippen LogP contribution < -0.4 is 5.32 Å². The summed E-state index contributed by atoms with van der Waals surface area (Å²) in [7, 11) is 0. The average molecular weight is 399 g/mol. The van der Waals surface area contributed by atoms with Crippen LogP contribution in [-0.4, -0.2) is 27.4 Å². The van der Waals surface area contributed by atoms with Crippen LogP contribution in [0.15, 0.2) is 79.0 Å². The molecule has 0 saturated carbocycles. The molecule has 1 aliphatic heterocycles. The highest BCUT2D eigenvalue weighted by Gasteiger charge is 2.36. The highest BCUT2D eigenvalue weighted by molar-refractivity contribution is 6.16. The maximum atomic E-state index is 14.7. The number of hydroxylamine groups is 1. The number of rotatable bonds is 3. The lowest BCUT2D eigenvalue weighted by atomic mass is 9.99. The van der Waals surface area contributed by atoms with Gasteiger partial charge in [0.25, 0.3) is 5.91 Å². The lowest BCUT2D eigenvalue weighted by molar-refractivity contribution is -0.484. The van der Waals surface area contributed by atoms with Gasteiger partial charge in [-0.05, 0) is 35.9 Å². The summed E-state index contributed by atoms with van der Waals surface area (Å²) in [5, 5.41) is 17.4. The van der Waals surface area contributed by atoms with Gasteiger partial charge in [-0.15, -0.1) is 0 Å². The average Bonchev–Trinajstić information content (AvgIpc) is 3.13. The minimum absolute atomic E-state index is 0.145. The van der Waals surface area contributed by atoms with E-state index in [2.05, 4.69) is 10.3 Å². The number of nitrogens with one attached hydrogen (secondary N) is 2. The van der Waals surface area contributed by atoms with Crippen molar-refractivity contribution < 1.29 is 13.9 Å². The molecule has 1 atom stereocenters.